The van der Waals surface area contributed by atoms with Gasteiger partial charge in [0.15, 0.2) is 0 Å². The van der Waals surface area contributed by atoms with Gasteiger partial charge < -0.3 is 10.5 Å². The molecule has 74 valence electrons. The number of hydrogen-bond donors (Lipinski definition) is 1. The minimum absolute atomic E-state index is 0.221. The standard InChI is InChI=1S/C10H12N2O2/c11-10(13)8-2-1-4-12-9(8)7-3-5-14-6-7/h1-2,4,7H,3,5-6H2,(H2,11,13). The van der Waals surface area contributed by atoms with Crippen molar-refractivity contribution in [3.8, 4) is 0 Å². The van der Waals surface area contributed by atoms with E-state index in [1.54, 1.807) is 18.3 Å². The Kier molecular flexibility index (Phi) is 2.45. The maximum atomic E-state index is 11.1. The molecular weight excluding hydrogens is 180 g/mol. The maximum Gasteiger partial charge on any atom is 0.250 e. The van der Waals surface area contributed by atoms with Gasteiger partial charge >= 0.3 is 0 Å². The van der Waals surface area contributed by atoms with Crippen molar-refractivity contribution in [2.45, 2.75) is 12.3 Å². The normalized spacial score (nSPS) is 21.0. The second-order valence-corrected chi connectivity index (χ2v) is 3.36. The lowest BCUT2D eigenvalue weighted by molar-refractivity contribution is 0.0998. The average molecular weight is 192 g/mol. The summed E-state index contributed by atoms with van der Waals surface area (Å²) < 4.78 is 5.25. The molecule has 2 heterocycles. The Morgan fingerprint density at radius 1 is 1.64 bits per heavy atom. The zero-order valence-corrected chi connectivity index (χ0v) is 7.77. The zero-order chi connectivity index (χ0) is 9.97. The fourth-order valence-electron chi connectivity index (χ4n) is 1.70. The molecule has 1 aliphatic rings. The SMILES string of the molecule is NC(=O)c1cccnc1C1CCOC1. The van der Waals surface area contributed by atoms with E-state index in [1.807, 2.05) is 0 Å². The Balaban J connectivity index is 2.35. The van der Waals surface area contributed by atoms with E-state index in [0.29, 0.717) is 12.2 Å². The molecule has 0 radical (unpaired) electrons. The fraction of sp³-hybridized carbons (Fsp3) is 0.400. The van der Waals surface area contributed by atoms with Gasteiger partial charge in [-0.3, -0.25) is 9.78 Å². The van der Waals surface area contributed by atoms with E-state index in [1.165, 1.54) is 0 Å². The molecule has 1 saturated heterocycles. The molecule has 1 aromatic heterocycles. The summed E-state index contributed by atoms with van der Waals surface area (Å²) in [6, 6.07) is 3.43. The van der Waals surface area contributed by atoms with Gasteiger partial charge in [0.05, 0.1) is 17.9 Å². The van der Waals surface area contributed by atoms with Gasteiger partial charge in [0.25, 0.3) is 5.91 Å². The van der Waals surface area contributed by atoms with Crippen LogP contribution in [0, 0.1) is 0 Å². The third-order valence-corrected chi connectivity index (χ3v) is 2.42. The van der Waals surface area contributed by atoms with E-state index in [4.69, 9.17) is 10.5 Å². The Labute approximate surface area is 82.1 Å². The predicted octanol–water partition coefficient (Wildman–Crippen LogP) is 0.684. The van der Waals surface area contributed by atoms with Crippen LogP contribution in [0.15, 0.2) is 18.3 Å². The number of nitrogens with zero attached hydrogens (tertiary/aromatic N) is 1. The van der Waals surface area contributed by atoms with Crippen LogP contribution < -0.4 is 5.73 Å². The molecule has 2 N–H and O–H groups in total. The van der Waals surface area contributed by atoms with Gasteiger partial charge in [0, 0.05) is 18.7 Å². The van der Waals surface area contributed by atoms with Crippen LogP contribution in [-0.4, -0.2) is 24.1 Å². The number of nitrogens with two attached hydrogens (primary N) is 1. The van der Waals surface area contributed by atoms with Crippen LogP contribution in [-0.2, 0) is 4.74 Å². The van der Waals surface area contributed by atoms with Crippen molar-refractivity contribution in [2.24, 2.45) is 5.73 Å². The van der Waals surface area contributed by atoms with Crippen LogP contribution in [0.5, 0.6) is 0 Å². The van der Waals surface area contributed by atoms with Crippen LogP contribution in [0.3, 0.4) is 0 Å². The van der Waals surface area contributed by atoms with Gasteiger partial charge in [-0.15, -0.1) is 0 Å². The second-order valence-electron chi connectivity index (χ2n) is 3.36. The molecule has 1 aromatic rings. The van der Waals surface area contributed by atoms with E-state index < -0.39 is 5.91 Å². The quantitative estimate of drug-likeness (QED) is 0.749. The first-order valence-corrected chi connectivity index (χ1v) is 4.61. The number of carbonyl (C=O) groups is 1. The van der Waals surface area contributed by atoms with Crippen LogP contribution >= 0.6 is 0 Å². The lowest BCUT2D eigenvalue weighted by atomic mass is 9.99. The highest BCUT2D eigenvalue weighted by molar-refractivity contribution is 5.94. The van der Waals surface area contributed by atoms with Crippen molar-refractivity contribution in [3.05, 3.63) is 29.6 Å². The van der Waals surface area contributed by atoms with Gasteiger partial charge in [-0.25, -0.2) is 0 Å². The number of hydrogen-bond acceptors (Lipinski definition) is 3. The molecule has 1 aliphatic heterocycles. The highest BCUT2D eigenvalue weighted by Gasteiger charge is 2.23. The number of amides is 1. The Bertz CT molecular complexity index is 346. The maximum absolute atomic E-state index is 11.1. The molecule has 0 aliphatic carbocycles. The lowest BCUT2D eigenvalue weighted by Gasteiger charge is -2.09. The van der Waals surface area contributed by atoms with E-state index in [0.717, 1.165) is 18.7 Å². The highest BCUT2D eigenvalue weighted by atomic mass is 16.5. The molecule has 0 bridgehead atoms. The van der Waals surface area contributed by atoms with Gasteiger partial charge in [-0.05, 0) is 18.6 Å². The number of carbonyl (C=O) groups excluding carboxylic acids is 1. The Hall–Kier alpha value is -1.42. The number of pyridine rings is 1. The summed E-state index contributed by atoms with van der Waals surface area (Å²) >= 11 is 0. The summed E-state index contributed by atoms with van der Waals surface area (Å²) in [7, 11) is 0. The van der Waals surface area contributed by atoms with Crippen LogP contribution in [0.4, 0.5) is 0 Å². The first-order valence-electron chi connectivity index (χ1n) is 4.61. The van der Waals surface area contributed by atoms with Gasteiger partial charge in [0.1, 0.15) is 0 Å². The lowest BCUT2D eigenvalue weighted by Crippen LogP contribution is -2.16. The zero-order valence-electron chi connectivity index (χ0n) is 7.77. The topological polar surface area (TPSA) is 65.2 Å². The summed E-state index contributed by atoms with van der Waals surface area (Å²) in [6.45, 7) is 1.37. The molecule has 0 aromatic carbocycles. The number of aromatic nitrogens is 1. The first kappa shape index (κ1) is 9.15. The van der Waals surface area contributed by atoms with Crippen molar-refractivity contribution < 1.29 is 9.53 Å². The molecule has 1 atom stereocenters. The number of ether oxygens (including phenoxy) is 1. The van der Waals surface area contributed by atoms with Crippen molar-refractivity contribution in [1.29, 1.82) is 0 Å². The fourth-order valence-corrected chi connectivity index (χ4v) is 1.70. The van der Waals surface area contributed by atoms with Gasteiger partial charge in [-0.1, -0.05) is 0 Å². The summed E-state index contributed by atoms with van der Waals surface area (Å²) in [4.78, 5) is 15.3. The Morgan fingerprint density at radius 2 is 2.50 bits per heavy atom. The van der Waals surface area contributed by atoms with Crippen LogP contribution in [0.2, 0.25) is 0 Å². The second kappa shape index (κ2) is 3.75. The van der Waals surface area contributed by atoms with E-state index in [2.05, 4.69) is 4.98 Å². The predicted molar refractivity (Wildman–Crippen MR) is 50.9 cm³/mol. The van der Waals surface area contributed by atoms with Crippen LogP contribution in [0.25, 0.3) is 0 Å². The molecule has 14 heavy (non-hydrogen) atoms. The van der Waals surface area contributed by atoms with E-state index >= 15 is 0 Å². The minimum atomic E-state index is -0.417. The third-order valence-electron chi connectivity index (χ3n) is 2.42. The van der Waals surface area contributed by atoms with Crippen molar-refractivity contribution >= 4 is 5.91 Å². The summed E-state index contributed by atoms with van der Waals surface area (Å²) in [6.07, 6.45) is 2.59. The molecule has 2 rings (SSSR count). The summed E-state index contributed by atoms with van der Waals surface area (Å²) in [5, 5.41) is 0. The minimum Gasteiger partial charge on any atom is -0.381 e. The smallest absolute Gasteiger partial charge is 0.250 e. The molecule has 4 nitrogen and oxygen atoms in total. The number of rotatable bonds is 2. The molecule has 1 amide bonds. The summed E-state index contributed by atoms with van der Waals surface area (Å²) in [5.74, 6) is -0.196. The van der Waals surface area contributed by atoms with Crippen molar-refractivity contribution in [3.63, 3.8) is 0 Å². The largest absolute Gasteiger partial charge is 0.381 e. The summed E-state index contributed by atoms with van der Waals surface area (Å²) in [5.41, 5.74) is 6.55. The molecule has 0 saturated carbocycles. The molecule has 4 heteroatoms. The van der Waals surface area contributed by atoms with Gasteiger partial charge in [-0.2, -0.15) is 0 Å². The Morgan fingerprint density at radius 3 is 3.14 bits per heavy atom. The molecule has 1 unspecified atom stereocenters. The highest BCUT2D eigenvalue weighted by Crippen LogP contribution is 2.25. The molecular formula is C10H12N2O2. The van der Waals surface area contributed by atoms with Crippen LogP contribution in [0.1, 0.15) is 28.4 Å². The first-order chi connectivity index (χ1) is 6.79. The van der Waals surface area contributed by atoms with Gasteiger partial charge in [0.2, 0.25) is 0 Å². The molecule has 1 fully saturated rings. The van der Waals surface area contributed by atoms with Crippen molar-refractivity contribution in [1.82, 2.24) is 4.98 Å². The van der Waals surface area contributed by atoms with E-state index in [-0.39, 0.29) is 5.92 Å². The van der Waals surface area contributed by atoms with E-state index in [9.17, 15) is 4.79 Å². The molecule has 0 spiro atoms. The third kappa shape index (κ3) is 1.61. The van der Waals surface area contributed by atoms with Crippen molar-refractivity contribution in [2.75, 3.05) is 13.2 Å². The monoisotopic (exact) mass is 192 g/mol. The number of primary amides is 1. The average Bonchev–Trinajstić information content (AvgIpc) is 2.70.